The summed E-state index contributed by atoms with van der Waals surface area (Å²) in [6, 6.07) is 10.4. The van der Waals surface area contributed by atoms with Gasteiger partial charge in [0.15, 0.2) is 8.68 Å². The van der Waals surface area contributed by atoms with Gasteiger partial charge in [0.2, 0.25) is 5.91 Å². The average Bonchev–Trinajstić information content (AvgIpc) is 3.02. The molecule has 8 heteroatoms. The van der Waals surface area contributed by atoms with Crippen molar-refractivity contribution in [3.63, 3.8) is 0 Å². The first-order chi connectivity index (χ1) is 11.3. The summed E-state index contributed by atoms with van der Waals surface area (Å²) < 4.78 is 1.82. The van der Waals surface area contributed by atoms with Gasteiger partial charge in [0.1, 0.15) is 0 Å². The molecule has 23 heavy (non-hydrogen) atoms. The third-order valence-corrected chi connectivity index (χ3v) is 6.76. The summed E-state index contributed by atoms with van der Waals surface area (Å²) >= 11 is 6.50. The number of amides is 1. The molecule has 124 valence electrons. The second kappa shape index (κ2) is 11.0. The standard InChI is InChI=1S/C15H19N3OS4/c1-2-21-14-17-18-15(23-14)22-11-13(19)16-8-9-20-10-12-6-4-3-5-7-12/h3-7H,2,8-11H2,1H3,(H,16,19). The van der Waals surface area contributed by atoms with Crippen LogP contribution < -0.4 is 5.32 Å². The lowest BCUT2D eigenvalue weighted by Gasteiger charge is -2.04. The molecule has 0 radical (unpaired) electrons. The molecule has 1 aromatic carbocycles. The van der Waals surface area contributed by atoms with Gasteiger partial charge in [-0.15, -0.1) is 10.2 Å². The number of thioether (sulfide) groups is 3. The van der Waals surface area contributed by atoms with Crippen molar-refractivity contribution in [1.29, 1.82) is 0 Å². The normalized spacial score (nSPS) is 10.7. The minimum absolute atomic E-state index is 0.0511. The van der Waals surface area contributed by atoms with Crippen LogP contribution in [0, 0.1) is 0 Å². The first-order valence-electron chi connectivity index (χ1n) is 7.25. The van der Waals surface area contributed by atoms with Crippen LogP contribution in [0.2, 0.25) is 0 Å². The van der Waals surface area contributed by atoms with Gasteiger partial charge in [-0.1, -0.05) is 72.1 Å². The Labute approximate surface area is 153 Å². The van der Waals surface area contributed by atoms with E-state index in [4.69, 9.17) is 0 Å². The molecule has 0 saturated heterocycles. The number of nitrogens with one attached hydrogen (secondary N) is 1. The van der Waals surface area contributed by atoms with Crippen LogP contribution in [0.4, 0.5) is 0 Å². The fourth-order valence-corrected chi connectivity index (χ4v) is 5.21. The van der Waals surface area contributed by atoms with Crippen LogP contribution in [-0.4, -0.2) is 39.9 Å². The van der Waals surface area contributed by atoms with Crippen LogP contribution in [0.15, 0.2) is 39.0 Å². The Bertz CT molecular complexity index is 591. The number of carbonyl (C=O) groups excluding carboxylic acids is 1. The van der Waals surface area contributed by atoms with E-state index in [-0.39, 0.29) is 5.91 Å². The number of benzene rings is 1. The number of carbonyl (C=O) groups is 1. The predicted molar refractivity (Wildman–Crippen MR) is 103 cm³/mol. The van der Waals surface area contributed by atoms with E-state index in [1.165, 1.54) is 17.3 Å². The lowest BCUT2D eigenvalue weighted by molar-refractivity contribution is -0.118. The average molecular weight is 386 g/mol. The van der Waals surface area contributed by atoms with E-state index in [2.05, 4.69) is 34.6 Å². The number of aromatic nitrogens is 2. The van der Waals surface area contributed by atoms with E-state index < -0.39 is 0 Å². The third-order valence-electron chi connectivity index (χ3n) is 2.66. The number of rotatable bonds is 10. The summed E-state index contributed by atoms with van der Waals surface area (Å²) in [5, 5.41) is 11.1. The zero-order valence-corrected chi connectivity index (χ0v) is 16.1. The van der Waals surface area contributed by atoms with Gasteiger partial charge in [-0.2, -0.15) is 11.8 Å². The van der Waals surface area contributed by atoms with Gasteiger partial charge in [-0.05, 0) is 11.3 Å². The number of nitrogens with zero attached hydrogens (tertiary/aromatic N) is 2. The van der Waals surface area contributed by atoms with E-state index in [0.29, 0.717) is 12.3 Å². The molecule has 1 N–H and O–H groups in total. The molecule has 1 heterocycles. The van der Waals surface area contributed by atoms with E-state index >= 15 is 0 Å². The molecule has 0 saturated carbocycles. The zero-order chi connectivity index (χ0) is 16.3. The summed E-state index contributed by atoms with van der Waals surface area (Å²) in [5.41, 5.74) is 1.32. The summed E-state index contributed by atoms with van der Waals surface area (Å²) in [7, 11) is 0. The zero-order valence-electron chi connectivity index (χ0n) is 12.9. The lowest BCUT2D eigenvalue weighted by Crippen LogP contribution is -2.27. The van der Waals surface area contributed by atoms with E-state index in [0.717, 1.165) is 25.9 Å². The van der Waals surface area contributed by atoms with Crippen molar-refractivity contribution in [3.05, 3.63) is 35.9 Å². The summed E-state index contributed by atoms with van der Waals surface area (Å²) in [6.07, 6.45) is 0. The quantitative estimate of drug-likeness (QED) is 0.496. The molecule has 4 nitrogen and oxygen atoms in total. The first kappa shape index (κ1) is 18.6. The largest absolute Gasteiger partial charge is 0.355 e. The second-order valence-electron chi connectivity index (χ2n) is 4.44. The van der Waals surface area contributed by atoms with Crippen LogP contribution in [0.25, 0.3) is 0 Å². The van der Waals surface area contributed by atoms with Crippen molar-refractivity contribution < 1.29 is 4.79 Å². The van der Waals surface area contributed by atoms with Crippen molar-refractivity contribution in [2.75, 3.05) is 23.8 Å². The Balaban J connectivity index is 1.54. The van der Waals surface area contributed by atoms with Crippen molar-refractivity contribution in [2.24, 2.45) is 0 Å². The minimum atomic E-state index is 0.0511. The molecular formula is C15H19N3OS4. The lowest BCUT2D eigenvalue weighted by atomic mass is 10.2. The molecule has 0 spiro atoms. The maximum absolute atomic E-state index is 11.8. The maximum atomic E-state index is 11.8. The van der Waals surface area contributed by atoms with Gasteiger partial charge in [0, 0.05) is 18.1 Å². The van der Waals surface area contributed by atoms with Gasteiger partial charge < -0.3 is 5.32 Å². The van der Waals surface area contributed by atoms with Crippen molar-refractivity contribution in [2.45, 2.75) is 21.4 Å². The number of hydrogen-bond acceptors (Lipinski definition) is 7. The summed E-state index contributed by atoms with van der Waals surface area (Å²) in [4.78, 5) is 11.8. The Morgan fingerprint density at radius 2 is 1.91 bits per heavy atom. The Hall–Kier alpha value is -0.700. The van der Waals surface area contributed by atoms with Crippen LogP contribution in [0.1, 0.15) is 12.5 Å². The summed E-state index contributed by atoms with van der Waals surface area (Å²) in [5.74, 6) is 3.33. The Morgan fingerprint density at radius 3 is 2.65 bits per heavy atom. The topological polar surface area (TPSA) is 54.9 Å². The number of hydrogen-bond donors (Lipinski definition) is 1. The maximum Gasteiger partial charge on any atom is 0.230 e. The van der Waals surface area contributed by atoms with Crippen molar-refractivity contribution >= 4 is 52.5 Å². The molecule has 0 aliphatic carbocycles. The Kier molecular flexibility index (Phi) is 8.88. The molecule has 1 amide bonds. The molecule has 0 unspecified atom stereocenters. The molecule has 2 rings (SSSR count). The Morgan fingerprint density at radius 1 is 1.17 bits per heavy atom. The van der Waals surface area contributed by atoms with Crippen LogP contribution in [-0.2, 0) is 10.5 Å². The fourth-order valence-electron chi connectivity index (χ4n) is 1.64. The van der Waals surface area contributed by atoms with Gasteiger partial charge in [-0.25, -0.2) is 0 Å². The van der Waals surface area contributed by atoms with E-state index in [9.17, 15) is 4.79 Å². The molecule has 1 aromatic heterocycles. The van der Waals surface area contributed by atoms with Gasteiger partial charge in [0.05, 0.1) is 5.75 Å². The molecule has 0 bridgehead atoms. The SMILES string of the molecule is CCSc1nnc(SCC(=O)NCCSCc2ccccc2)s1. The highest BCUT2D eigenvalue weighted by atomic mass is 32.2. The fraction of sp³-hybridized carbons (Fsp3) is 0.400. The molecule has 0 atom stereocenters. The van der Waals surface area contributed by atoms with E-state index in [1.807, 2.05) is 30.0 Å². The predicted octanol–water partition coefficient (Wildman–Crippen LogP) is 3.79. The third kappa shape index (κ3) is 7.60. The second-order valence-corrected chi connectivity index (χ2v) is 9.26. The highest BCUT2D eigenvalue weighted by Gasteiger charge is 2.07. The highest BCUT2D eigenvalue weighted by Crippen LogP contribution is 2.28. The van der Waals surface area contributed by atoms with Crippen LogP contribution >= 0.6 is 46.6 Å². The van der Waals surface area contributed by atoms with Gasteiger partial charge in [-0.3, -0.25) is 4.79 Å². The highest BCUT2D eigenvalue weighted by molar-refractivity contribution is 8.03. The van der Waals surface area contributed by atoms with E-state index in [1.54, 1.807) is 23.1 Å². The smallest absolute Gasteiger partial charge is 0.230 e. The molecular weight excluding hydrogens is 366 g/mol. The monoisotopic (exact) mass is 385 g/mol. The first-order valence-corrected chi connectivity index (χ1v) is 11.2. The van der Waals surface area contributed by atoms with Gasteiger partial charge >= 0.3 is 0 Å². The van der Waals surface area contributed by atoms with Gasteiger partial charge in [0.25, 0.3) is 0 Å². The van der Waals surface area contributed by atoms with Crippen LogP contribution in [0.5, 0.6) is 0 Å². The molecule has 0 aliphatic heterocycles. The van der Waals surface area contributed by atoms with Crippen molar-refractivity contribution in [3.8, 4) is 0 Å². The molecule has 0 aliphatic rings. The molecule has 2 aromatic rings. The molecule has 0 fully saturated rings. The minimum Gasteiger partial charge on any atom is -0.355 e. The summed E-state index contributed by atoms with van der Waals surface area (Å²) in [6.45, 7) is 2.78. The van der Waals surface area contributed by atoms with Crippen molar-refractivity contribution in [1.82, 2.24) is 15.5 Å². The van der Waals surface area contributed by atoms with Crippen LogP contribution in [0.3, 0.4) is 0 Å².